The first-order valence-electron chi connectivity index (χ1n) is 7.88. The summed E-state index contributed by atoms with van der Waals surface area (Å²) < 4.78 is 20.4. The van der Waals surface area contributed by atoms with E-state index in [1.54, 1.807) is 24.3 Å². The highest BCUT2D eigenvalue weighted by Crippen LogP contribution is 2.28. The zero-order valence-corrected chi connectivity index (χ0v) is 16.1. The number of furan rings is 1. The van der Waals surface area contributed by atoms with Crippen molar-refractivity contribution in [1.29, 1.82) is 0 Å². The monoisotopic (exact) mass is 398 g/mol. The van der Waals surface area contributed by atoms with Gasteiger partial charge in [-0.1, -0.05) is 0 Å². The molecule has 148 valence electrons. The summed E-state index contributed by atoms with van der Waals surface area (Å²) in [6.45, 7) is 0.186. The van der Waals surface area contributed by atoms with E-state index in [0.29, 0.717) is 28.4 Å². The number of hydrogen-bond donors (Lipinski definition) is 2. The highest BCUT2D eigenvalue weighted by Gasteiger charge is 2.22. The Labute approximate surface area is 163 Å². The topological polar surface area (TPSA) is 113 Å². The first-order chi connectivity index (χ1) is 12.5. The van der Waals surface area contributed by atoms with Gasteiger partial charge in [0.1, 0.15) is 23.5 Å². The number of rotatable bonds is 8. The van der Waals surface area contributed by atoms with Crippen LogP contribution >= 0.6 is 12.4 Å². The zero-order valence-electron chi connectivity index (χ0n) is 15.3. The Bertz CT molecular complexity index is 755. The highest BCUT2D eigenvalue weighted by molar-refractivity contribution is 5.94. The van der Waals surface area contributed by atoms with Crippen molar-refractivity contribution in [3.8, 4) is 11.5 Å². The average Bonchev–Trinajstić information content (AvgIpc) is 3.16. The summed E-state index contributed by atoms with van der Waals surface area (Å²) in [4.78, 5) is 24.3. The van der Waals surface area contributed by atoms with Gasteiger partial charge in [-0.05, 0) is 23.8 Å². The van der Waals surface area contributed by atoms with Crippen LogP contribution in [0.25, 0.3) is 0 Å². The van der Waals surface area contributed by atoms with Gasteiger partial charge in [0.25, 0.3) is 5.91 Å². The number of amides is 1. The summed E-state index contributed by atoms with van der Waals surface area (Å²) in [5.74, 6) is 0.702. The minimum absolute atomic E-state index is 0. The van der Waals surface area contributed by atoms with Crippen molar-refractivity contribution in [1.82, 2.24) is 5.32 Å². The molecule has 2 aromatic rings. The van der Waals surface area contributed by atoms with Crippen LogP contribution in [-0.2, 0) is 16.1 Å². The molecule has 0 aliphatic heterocycles. The second-order valence-corrected chi connectivity index (χ2v) is 5.46. The summed E-state index contributed by atoms with van der Waals surface area (Å²) in [5, 5.41) is 2.80. The number of nitrogens with two attached hydrogens (primary N) is 1. The van der Waals surface area contributed by atoms with Crippen LogP contribution in [0.1, 0.15) is 34.1 Å². The van der Waals surface area contributed by atoms with E-state index in [1.807, 2.05) is 0 Å². The number of carbonyl (C=O) groups excluding carboxylic acids is 2. The molecule has 1 unspecified atom stereocenters. The van der Waals surface area contributed by atoms with Crippen LogP contribution in [0.4, 0.5) is 0 Å². The van der Waals surface area contributed by atoms with E-state index < -0.39 is 17.9 Å². The smallest absolute Gasteiger partial charge is 0.307 e. The Morgan fingerprint density at radius 3 is 2.22 bits per heavy atom. The summed E-state index contributed by atoms with van der Waals surface area (Å²) in [6, 6.07) is 6.05. The van der Waals surface area contributed by atoms with Crippen molar-refractivity contribution in [3.05, 3.63) is 47.4 Å². The molecule has 0 spiro atoms. The van der Waals surface area contributed by atoms with E-state index >= 15 is 0 Å². The first-order valence-corrected chi connectivity index (χ1v) is 7.88. The maximum Gasteiger partial charge on any atom is 0.307 e. The van der Waals surface area contributed by atoms with Crippen molar-refractivity contribution in [3.63, 3.8) is 0 Å². The molecule has 1 aromatic carbocycles. The maximum absolute atomic E-state index is 12.5. The van der Waals surface area contributed by atoms with Crippen molar-refractivity contribution in [2.24, 2.45) is 5.73 Å². The van der Waals surface area contributed by atoms with Gasteiger partial charge in [-0.25, -0.2) is 0 Å². The maximum atomic E-state index is 12.5. The van der Waals surface area contributed by atoms with Crippen molar-refractivity contribution in [2.75, 3.05) is 21.3 Å². The predicted molar refractivity (Wildman–Crippen MR) is 100 cm³/mol. The van der Waals surface area contributed by atoms with E-state index in [4.69, 9.17) is 24.4 Å². The van der Waals surface area contributed by atoms with E-state index in [9.17, 15) is 9.59 Å². The van der Waals surface area contributed by atoms with Crippen molar-refractivity contribution >= 4 is 24.3 Å². The van der Waals surface area contributed by atoms with Gasteiger partial charge in [-0.2, -0.15) is 0 Å². The first kappa shape index (κ1) is 22.3. The second-order valence-electron chi connectivity index (χ2n) is 5.46. The highest BCUT2D eigenvalue weighted by atomic mass is 35.5. The molecule has 0 aliphatic rings. The normalized spacial score (nSPS) is 11.1. The molecule has 0 saturated heterocycles. The molecule has 3 N–H and O–H groups in total. The van der Waals surface area contributed by atoms with E-state index in [0.717, 1.165) is 0 Å². The van der Waals surface area contributed by atoms with Gasteiger partial charge in [0.2, 0.25) is 0 Å². The number of hydrogen-bond acceptors (Lipinski definition) is 7. The molecule has 9 heteroatoms. The van der Waals surface area contributed by atoms with Crippen molar-refractivity contribution in [2.45, 2.75) is 19.0 Å². The lowest BCUT2D eigenvalue weighted by Gasteiger charge is -2.19. The fraction of sp³-hybridized carbons (Fsp3) is 0.333. The summed E-state index contributed by atoms with van der Waals surface area (Å²) >= 11 is 0. The largest absolute Gasteiger partial charge is 0.497 e. The molecule has 0 radical (unpaired) electrons. The zero-order chi connectivity index (χ0) is 19.1. The summed E-state index contributed by atoms with van der Waals surface area (Å²) in [5.41, 5.74) is 6.45. The van der Waals surface area contributed by atoms with Crippen LogP contribution in [-0.4, -0.2) is 33.2 Å². The van der Waals surface area contributed by atoms with Crippen LogP contribution in [0, 0.1) is 0 Å². The van der Waals surface area contributed by atoms with Crippen LogP contribution in [0.3, 0.4) is 0 Å². The van der Waals surface area contributed by atoms with Gasteiger partial charge in [-0.3, -0.25) is 9.59 Å². The van der Waals surface area contributed by atoms with E-state index in [1.165, 1.54) is 27.6 Å². The minimum Gasteiger partial charge on any atom is -0.497 e. The number of ether oxygens (including phenoxy) is 3. The quantitative estimate of drug-likeness (QED) is 0.655. The number of carbonyl (C=O) groups is 2. The lowest BCUT2D eigenvalue weighted by Crippen LogP contribution is -2.30. The fourth-order valence-corrected chi connectivity index (χ4v) is 2.38. The van der Waals surface area contributed by atoms with Gasteiger partial charge in [0, 0.05) is 6.07 Å². The summed E-state index contributed by atoms with van der Waals surface area (Å²) in [6.07, 6.45) is 1.26. The lowest BCUT2D eigenvalue weighted by molar-refractivity contribution is -0.141. The SMILES string of the molecule is COC(=O)CC(NC(=O)c1coc(CN)c1)c1cc(OC)cc(OC)c1.Cl. The number of halogens is 1. The van der Waals surface area contributed by atoms with Crippen LogP contribution in [0.15, 0.2) is 34.9 Å². The number of esters is 1. The number of nitrogens with one attached hydrogen (secondary N) is 1. The van der Waals surface area contributed by atoms with Crippen LogP contribution < -0.4 is 20.5 Å². The number of benzene rings is 1. The number of methoxy groups -OCH3 is 3. The minimum atomic E-state index is -0.643. The van der Waals surface area contributed by atoms with E-state index in [-0.39, 0.29) is 25.4 Å². The molecule has 1 amide bonds. The molecule has 1 atom stereocenters. The lowest BCUT2D eigenvalue weighted by atomic mass is 10.0. The molecular weight excluding hydrogens is 376 g/mol. The average molecular weight is 399 g/mol. The van der Waals surface area contributed by atoms with Gasteiger partial charge < -0.3 is 29.7 Å². The molecule has 0 fully saturated rings. The van der Waals surface area contributed by atoms with Gasteiger partial charge in [0.05, 0.1) is 45.9 Å². The standard InChI is InChI=1S/C18H22N2O6.ClH/c1-23-13-4-11(5-14(7-13)24-2)16(8-17(21)25-3)20-18(22)12-6-15(9-19)26-10-12;/h4-7,10,16H,8-9,19H2,1-3H3,(H,20,22);1H. The third kappa shape index (κ3) is 5.90. The predicted octanol–water partition coefficient (Wildman–Crippen LogP) is 2.21. The third-order valence-electron chi connectivity index (χ3n) is 3.80. The Balaban J connectivity index is 0.00000364. The van der Waals surface area contributed by atoms with Crippen LogP contribution in [0.5, 0.6) is 11.5 Å². The van der Waals surface area contributed by atoms with Gasteiger partial charge in [0.15, 0.2) is 0 Å². The Morgan fingerprint density at radius 2 is 1.74 bits per heavy atom. The molecule has 0 saturated carbocycles. The Kier molecular flexibility index (Phi) is 8.64. The second kappa shape index (κ2) is 10.4. The Morgan fingerprint density at radius 1 is 1.11 bits per heavy atom. The molecule has 0 bridgehead atoms. The fourth-order valence-electron chi connectivity index (χ4n) is 2.38. The molecule has 1 heterocycles. The summed E-state index contributed by atoms with van der Waals surface area (Å²) in [7, 11) is 4.33. The van der Waals surface area contributed by atoms with Gasteiger partial charge in [-0.15, -0.1) is 12.4 Å². The van der Waals surface area contributed by atoms with Crippen LogP contribution in [0.2, 0.25) is 0 Å². The van der Waals surface area contributed by atoms with Crippen molar-refractivity contribution < 1.29 is 28.2 Å². The molecular formula is C18H23ClN2O6. The molecule has 1 aromatic heterocycles. The van der Waals surface area contributed by atoms with E-state index in [2.05, 4.69) is 5.32 Å². The third-order valence-corrected chi connectivity index (χ3v) is 3.80. The molecule has 2 rings (SSSR count). The van der Waals surface area contributed by atoms with Gasteiger partial charge >= 0.3 is 5.97 Å². The molecule has 0 aliphatic carbocycles. The molecule has 8 nitrogen and oxygen atoms in total. The Hall–Kier alpha value is -2.71. The molecule has 27 heavy (non-hydrogen) atoms.